The van der Waals surface area contributed by atoms with Crippen molar-refractivity contribution >= 4 is 22.8 Å². The molecule has 0 radical (unpaired) electrons. The average molecular weight is 368 g/mol. The quantitative estimate of drug-likeness (QED) is 0.731. The molecule has 0 unspecified atom stereocenters. The predicted octanol–water partition coefficient (Wildman–Crippen LogP) is 2.23. The van der Waals surface area contributed by atoms with Crippen LogP contribution < -0.4 is 10.1 Å². The van der Waals surface area contributed by atoms with E-state index in [0.717, 1.165) is 16.6 Å². The number of ether oxygens (including phenoxy) is 1. The summed E-state index contributed by atoms with van der Waals surface area (Å²) in [6.07, 6.45) is 0. The van der Waals surface area contributed by atoms with Gasteiger partial charge < -0.3 is 19.5 Å². The van der Waals surface area contributed by atoms with Crippen molar-refractivity contribution in [1.82, 2.24) is 25.0 Å². The van der Waals surface area contributed by atoms with Gasteiger partial charge in [0.15, 0.2) is 0 Å². The number of pyridine rings is 1. The molecule has 0 aliphatic carbocycles. The third-order valence-corrected chi connectivity index (χ3v) is 4.64. The van der Waals surface area contributed by atoms with Gasteiger partial charge in [0.05, 0.1) is 30.6 Å². The van der Waals surface area contributed by atoms with Crippen LogP contribution in [0.4, 0.5) is 5.82 Å². The number of amides is 1. The average Bonchev–Trinajstić information content (AvgIpc) is 3.18. The summed E-state index contributed by atoms with van der Waals surface area (Å²) in [6, 6.07) is 1.85. The van der Waals surface area contributed by atoms with Crippen LogP contribution in [0.3, 0.4) is 0 Å². The minimum absolute atomic E-state index is 0.000877. The molecule has 0 spiro atoms. The van der Waals surface area contributed by atoms with E-state index in [2.05, 4.69) is 25.4 Å². The summed E-state index contributed by atoms with van der Waals surface area (Å²) in [4.78, 5) is 27.5. The monoisotopic (exact) mass is 368 g/mol. The highest BCUT2D eigenvalue weighted by molar-refractivity contribution is 5.98. The van der Waals surface area contributed by atoms with E-state index in [4.69, 9.17) is 9.26 Å². The zero-order valence-electron chi connectivity index (χ0n) is 15.7. The minimum atomic E-state index is -0.000877. The lowest BCUT2D eigenvalue weighted by molar-refractivity contribution is 0.0786. The highest BCUT2D eigenvalue weighted by Crippen LogP contribution is 2.29. The molecule has 9 heteroatoms. The Hall–Kier alpha value is -3.23. The molecule has 0 fully saturated rings. The number of rotatable bonds is 5. The first kappa shape index (κ1) is 17.2. The van der Waals surface area contributed by atoms with E-state index >= 15 is 0 Å². The molecule has 4 heterocycles. The summed E-state index contributed by atoms with van der Waals surface area (Å²) in [7, 11) is 1.57. The second-order valence-electron chi connectivity index (χ2n) is 6.39. The van der Waals surface area contributed by atoms with Gasteiger partial charge in [-0.2, -0.15) is 4.98 Å². The summed E-state index contributed by atoms with van der Waals surface area (Å²) >= 11 is 0. The molecule has 1 aliphatic rings. The van der Waals surface area contributed by atoms with Crippen LogP contribution in [0.2, 0.25) is 0 Å². The number of nitrogens with one attached hydrogen (secondary N) is 1. The molecule has 0 atom stereocenters. The maximum absolute atomic E-state index is 12.5. The molecule has 0 saturated heterocycles. The Labute approximate surface area is 155 Å². The van der Waals surface area contributed by atoms with Crippen LogP contribution >= 0.6 is 0 Å². The molecular weight excluding hydrogens is 348 g/mol. The highest BCUT2D eigenvalue weighted by atomic mass is 16.5. The number of aryl methyl sites for hydroxylation is 2. The third-order valence-electron chi connectivity index (χ3n) is 4.64. The SMILES string of the molecule is CCN1Cc2nc(OC)c(CNc3nc(C)nc4onc(C)c34)cc2C1=O. The Balaban J connectivity index is 1.67. The van der Waals surface area contributed by atoms with Gasteiger partial charge in [-0.25, -0.2) is 9.97 Å². The highest BCUT2D eigenvalue weighted by Gasteiger charge is 2.29. The standard InChI is InChI=1S/C18H20N6O3/c1-5-24-8-13-12(18(24)25)6-11(16(22-13)26-4)7-19-15-14-9(2)23-27-17(14)21-10(3)20-15/h6H,5,7-8H2,1-4H3,(H,19,20,21). The van der Waals surface area contributed by atoms with Gasteiger partial charge in [0.1, 0.15) is 17.0 Å². The van der Waals surface area contributed by atoms with Gasteiger partial charge in [0.25, 0.3) is 11.6 Å². The number of methoxy groups -OCH3 is 1. The maximum Gasteiger partial charge on any atom is 0.263 e. The molecular formula is C18H20N6O3. The van der Waals surface area contributed by atoms with E-state index in [1.54, 1.807) is 18.9 Å². The van der Waals surface area contributed by atoms with Crippen LogP contribution in [0, 0.1) is 13.8 Å². The van der Waals surface area contributed by atoms with Gasteiger partial charge in [-0.05, 0) is 26.8 Å². The number of anilines is 1. The summed E-state index contributed by atoms with van der Waals surface area (Å²) < 4.78 is 10.7. The van der Waals surface area contributed by atoms with E-state index in [0.29, 0.717) is 54.1 Å². The number of carbonyl (C=O) groups is 1. The van der Waals surface area contributed by atoms with Crippen LogP contribution in [-0.4, -0.2) is 44.6 Å². The Kier molecular flexibility index (Phi) is 4.14. The Bertz CT molecular complexity index is 1050. The van der Waals surface area contributed by atoms with E-state index < -0.39 is 0 Å². The summed E-state index contributed by atoms with van der Waals surface area (Å²) in [5.74, 6) is 1.70. The Morgan fingerprint density at radius 1 is 1.30 bits per heavy atom. The molecule has 0 aromatic carbocycles. The van der Waals surface area contributed by atoms with Crippen molar-refractivity contribution in [2.45, 2.75) is 33.9 Å². The first-order valence-corrected chi connectivity index (χ1v) is 8.72. The lowest BCUT2D eigenvalue weighted by atomic mass is 10.1. The van der Waals surface area contributed by atoms with Crippen molar-refractivity contribution in [3.05, 3.63) is 34.4 Å². The number of fused-ring (bicyclic) bond motifs is 2. The summed E-state index contributed by atoms with van der Waals surface area (Å²) in [5, 5.41) is 7.98. The van der Waals surface area contributed by atoms with Crippen molar-refractivity contribution < 1.29 is 14.1 Å². The fourth-order valence-corrected chi connectivity index (χ4v) is 3.26. The molecule has 1 amide bonds. The number of hydrogen-bond acceptors (Lipinski definition) is 8. The molecule has 0 bridgehead atoms. The molecule has 9 nitrogen and oxygen atoms in total. The van der Waals surface area contributed by atoms with Crippen LogP contribution in [0.15, 0.2) is 10.6 Å². The van der Waals surface area contributed by atoms with Gasteiger partial charge in [0.2, 0.25) is 5.88 Å². The number of aromatic nitrogens is 4. The second-order valence-corrected chi connectivity index (χ2v) is 6.39. The van der Waals surface area contributed by atoms with E-state index in [1.165, 1.54) is 0 Å². The zero-order valence-corrected chi connectivity index (χ0v) is 15.7. The fraction of sp³-hybridized carbons (Fsp3) is 0.389. The van der Waals surface area contributed by atoms with Crippen LogP contribution in [0.1, 0.15) is 40.1 Å². The number of hydrogen-bond donors (Lipinski definition) is 1. The molecule has 4 rings (SSSR count). The minimum Gasteiger partial charge on any atom is -0.481 e. The molecule has 140 valence electrons. The lowest BCUT2D eigenvalue weighted by Crippen LogP contribution is -2.23. The lowest BCUT2D eigenvalue weighted by Gasteiger charge is -2.11. The topological polar surface area (TPSA) is 106 Å². The Morgan fingerprint density at radius 3 is 2.85 bits per heavy atom. The molecule has 1 aliphatic heterocycles. The predicted molar refractivity (Wildman–Crippen MR) is 97.6 cm³/mol. The zero-order chi connectivity index (χ0) is 19.1. The van der Waals surface area contributed by atoms with E-state index in [1.807, 2.05) is 19.9 Å². The van der Waals surface area contributed by atoms with Crippen LogP contribution in [0.5, 0.6) is 5.88 Å². The molecule has 27 heavy (non-hydrogen) atoms. The third kappa shape index (κ3) is 2.84. The number of carbonyl (C=O) groups excluding carboxylic acids is 1. The molecule has 1 N–H and O–H groups in total. The van der Waals surface area contributed by atoms with Gasteiger partial charge in [-0.3, -0.25) is 4.79 Å². The van der Waals surface area contributed by atoms with Gasteiger partial charge >= 0.3 is 0 Å². The largest absolute Gasteiger partial charge is 0.481 e. The van der Waals surface area contributed by atoms with Crippen molar-refractivity contribution in [2.24, 2.45) is 0 Å². The van der Waals surface area contributed by atoms with E-state index in [-0.39, 0.29) is 5.91 Å². The fourth-order valence-electron chi connectivity index (χ4n) is 3.26. The van der Waals surface area contributed by atoms with Crippen molar-refractivity contribution in [3.8, 4) is 5.88 Å². The normalized spacial score (nSPS) is 13.3. The van der Waals surface area contributed by atoms with Crippen molar-refractivity contribution in [2.75, 3.05) is 19.0 Å². The molecule has 3 aromatic rings. The van der Waals surface area contributed by atoms with Crippen LogP contribution in [-0.2, 0) is 13.1 Å². The van der Waals surface area contributed by atoms with Crippen molar-refractivity contribution in [3.63, 3.8) is 0 Å². The van der Waals surface area contributed by atoms with Crippen LogP contribution in [0.25, 0.3) is 11.1 Å². The van der Waals surface area contributed by atoms with Gasteiger partial charge in [0, 0.05) is 18.7 Å². The maximum atomic E-state index is 12.5. The summed E-state index contributed by atoms with van der Waals surface area (Å²) in [6.45, 7) is 7.13. The summed E-state index contributed by atoms with van der Waals surface area (Å²) in [5.41, 5.74) is 3.30. The second kappa shape index (κ2) is 6.49. The Morgan fingerprint density at radius 2 is 2.11 bits per heavy atom. The first-order chi connectivity index (χ1) is 13.0. The first-order valence-electron chi connectivity index (χ1n) is 8.72. The van der Waals surface area contributed by atoms with Crippen molar-refractivity contribution in [1.29, 1.82) is 0 Å². The number of nitrogens with zero attached hydrogens (tertiary/aromatic N) is 5. The molecule has 0 saturated carbocycles. The van der Waals surface area contributed by atoms with E-state index in [9.17, 15) is 4.79 Å². The molecule has 3 aromatic heterocycles. The van der Waals surface area contributed by atoms with Gasteiger partial charge in [-0.1, -0.05) is 5.16 Å². The smallest absolute Gasteiger partial charge is 0.263 e. The van der Waals surface area contributed by atoms with Gasteiger partial charge in [-0.15, -0.1) is 0 Å².